The van der Waals surface area contributed by atoms with E-state index in [2.05, 4.69) is 54.8 Å². The van der Waals surface area contributed by atoms with Gasteiger partial charge in [-0.25, -0.2) is 4.98 Å². The van der Waals surface area contributed by atoms with Gasteiger partial charge in [0.1, 0.15) is 17.3 Å². The van der Waals surface area contributed by atoms with Crippen molar-refractivity contribution in [3.05, 3.63) is 83.7 Å². The van der Waals surface area contributed by atoms with Crippen molar-refractivity contribution < 1.29 is 14.3 Å². The number of hydrogen-bond acceptors (Lipinski definition) is 4. The highest BCUT2D eigenvalue weighted by Crippen LogP contribution is 2.37. The lowest BCUT2D eigenvalue weighted by atomic mass is 10.1. The van der Waals surface area contributed by atoms with Gasteiger partial charge in [-0.1, -0.05) is 42.0 Å². The quantitative estimate of drug-likeness (QED) is 0.209. The Labute approximate surface area is 231 Å². The molecule has 200 valence electrons. The van der Waals surface area contributed by atoms with E-state index in [9.17, 15) is 4.79 Å². The van der Waals surface area contributed by atoms with Crippen LogP contribution in [0.25, 0.3) is 11.0 Å². The van der Waals surface area contributed by atoms with Crippen LogP contribution in [-0.2, 0) is 11.3 Å². The molecule has 3 aromatic carbocycles. The van der Waals surface area contributed by atoms with E-state index in [1.807, 2.05) is 42.2 Å². The van der Waals surface area contributed by atoms with Crippen LogP contribution in [-0.4, -0.2) is 35.2 Å². The topological polar surface area (TPSA) is 56.6 Å². The molecule has 1 atom stereocenters. The molecule has 1 aromatic heterocycles. The number of rotatable bonds is 10. The molecule has 1 aliphatic rings. The number of aryl methyl sites for hydroxylation is 3. The average Bonchev–Trinajstić information content (AvgIpc) is 3.46. The van der Waals surface area contributed by atoms with Gasteiger partial charge in [0.25, 0.3) is 0 Å². The number of imidazole rings is 1. The van der Waals surface area contributed by atoms with Gasteiger partial charge >= 0.3 is 0 Å². The maximum Gasteiger partial charge on any atom is 0.227 e. The first-order valence-corrected chi connectivity index (χ1v) is 13.2. The number of carbonyl (C=O) groups is 1. The number of halogens is 1. The summed E-state index contributed by atoms with van der Waals surface area (Å²) in [5.74, 6) is 2.83. The van der Waals surface area contributed by atoms with E-state index in [0.717, 1.165) is 53.4 Å². The number of ether oxygens (including phenoxy) is 2. The lowest BCUT2D eigenvalue weighted by Gasteiger charge is -2.20. The molecule has 0 aliphatic carbocycles. The molecule has 4 aromatic rings. The molecule has 1 fully saturated rings. The number of nitrogens with zero attached hydrogens (tertiary/aromatic N) is 3. The zero-order valence-corrected chi connectivity index (χ0v) is 23.2. The molecule has 2 heterocycles. The number of carbonyl (C=O) groups excluding carboxylic acids is 1. The summed E-state index contributed by atoms with van der Waals surface area (Å²) in [6.07, 6.45) is 2.35. The molecule has 6 nitrogen and oxygen atoms in total. The summed E-state index contributed by atoms with van der Waals surface area (Å²) in [7, 11) is 0. The first-order valence-electron chi connectivity index (χ1n) is 13.2. The lowest BCUT2D eigenvalue weighted by molar-refractivity contribution is -0.117. The second-order valence-corrected chi connectivity index (χ2v) is 9.74. The van der Waals surface area contributed by atoms with Crippen molar-refractivity contribution in [3.63, 3.8) is 0 Å². The van der Waals surface area contributed by atoms with Crippen LogP contribution in [0.2, 0.25) is 0 Å². The molecular formula is C31H36ClN3O3. The number of aromatic nitrogens is 2. The molecule has 5 rings (SSSR count). The summed E-state index contributed by atoms with van der Waals surface area (Å²) < 4.78 is 14.2. The Morgan fingerprint density at radius 2 is 1.74 bits per heavy atom. The maximum atomic E-state index is 13.1. The molecule has 1 amide bonds. The predicted molar refractivity (Wildman–Crippen MR) is 155 cm³/mol. The number of unbranched alkanes of at least 4 members (excludes halogenated alkanes) is 1. The minimum Gasteiger partial charge on any atom is -0.493 e. The second kappa shape index (κ2) is 12.4. The van der Waals surface area contributed by atoms with Gasteiger partial charge in [0, 0.05) is 25.4 Å². The Balaban J connectivity index is 0.00000336. The molecule has 0 bridgehead atoms. The van der Waals surface area contributed by atoms with E-state index < -0.39 is 0 Å². The molecule has 38 heavy (non-hydrogen) atoms. The van der Waals surface area contributed by atoms with Crippen LogP contribution < -0.4 is 14.4 Å². The molecular weight excluding hydrogens is 498 g/mol. The lowest BCUT2D eigenvalue weighted by Crippen LogP contribution is -2.25. The van der Waals surface area contributed by atoms with Crippen LogP contribution in [0.1, 0.15) is 49.1 Å². The van der Waals surface area contributed by atoms with E-state index in [-0.39, 0.29) is 24.2 Å². The standard InChI is InChI=1S/C31H35N3O3.ClH/c1-4-36-29-14-8-7-13-27(29)34-21-24(20-30(34)35)31-32-25-11-5-6-12-26(25)33(31)17-9-10-18-37-28-16-15-22(2)19-23(28)3;/h5-8,11-16,19,24H,4,9-10,17-18,20-21H2,1-3H3;1H. The minimum absolute atomic E-state index is 0. The molecule has 0 radical (unpaired) electrons. The van der Waals surface area contributed by atoms with Crippen LogP contribution in [0.4, 0.5) is 5.69 Å². The number of amides is 1. The van der Waals surface area contributed by atoms with Crippen molar-refractivity contribution in [1.82, 2.24) is 9.55 Å². The van der Waals surface area contributed by atoms with E-state index in [1.54, 1.807) is 0 Å². The van der Waals surface area contributed by atoms with E-state index in [1.165, 1.54) is 11.1 Å². The molecule has 0 spiro atoms. The Bertz CT molecular complexity index is 1400. The highest BCUT2D eigenvalue weighted by molar-refractivity contribution is 5.97. The van der Waals surface area contributed by atoms with Gasteiger partial charge in [-0.05, 0) is 69.5 Å². The number of fused-ring (bicyclic) bond motifs is 1. The Morgan fingerprint density at radius 3 is 2.55 bits per heavy atom. The zero-order chi connectivity index (χ0) is 25.8. The van der Waals surface area contributed by atoms with Gasteiger partial charge < -0.3 is 18.9 Å². The maximum absolute atomic E-state index is 13.1. The van der Waals surface area contributed by atoms with Gasteiger partial charge in [-0.3, -0.25) is 4.79 Å². The zero-order valence-electron chi connectivity index (χ0n) is 22.4. The monoisotopic (exact) mass is 533 g/mol. The minimum atomic E-state index is 0. The number of hydrogen-bond donors (Lipinski definition) is 0. The van der Waals surface area contributed by atoms with Crippen molar-refractivity contribution >= 4 is 35.0 Å². The molecule has 0 N–H and O–H groups in total. The number of para-hydroxylation sites is 4. The van der Waals surface area contributed by atoms with Gasteiger partial charge in [0.05, 0.1) is 29.9 Å². The summed E-state index contributed by atoms with van der Waals surface area (Å²) in [5.41, 5.74) is 5.35. The van der Waals surface area contributed by atoms with Crippen molar-refractivity contribution in [2.24, 2.45) is 0 Å². The predicted octanol–water partition coefficient (Wildman–Crippen LogP) is 6.85. The third kappa shape index (κ3) is 5.81. The van der Waals surface area contributed by atoms with Crippen LogP contribution in [0.5, 0.6) is 11.5 Å². The van der Waals surface area contributed by atoms with E-state index >= 15 is 0 Å². The van der Waals surface area contributed by atoms with Crippen molar-refractivity contribution in [1.29, 1.82) is 0 Å². The number of anilines is 1. The van der Waals surface area contributed by atoms with E-state index in [0.29, 0.717) is 26.2 Å². The fraction of sp³-hybridized carbons (Fsp3) is 0.355. The van der Waals surface area contributed by atoms with E-state index in [4.69, 9.17) is 14.5 Å². The number of benzene rings is 3. The SMILES string of the molecule is CCOc1ccccc1N1CC(c2nc3ccccc3n2CCCCOc2ccc(C)cc2C)CC1=O.Cl. The Kier molecular flexibility index (Phi) is 8.95. The highest BCUT2D eigenvalue weighted by Gasteiger charge is 2.35. The molecule has 7 heteroatoms. The van der Waals surface area contributed by atoms with Crippen LogP contribution >= 0.6 is 12.4 Å². The molecule has 1 unspecified atom stereocenters. The van der Waals surface area contributed by atoms with Crippen molar-refractivity contribution in [2.75, 3.05) is 24.7 Å². The van der Waals surface area contributed by atoms with Crippen molar-refractivity contribution in [2.45, 2.75) is 52.5 Å². The molecule has 1 saturated heterocycles. The molecule has 1 aliphatic heterocycles. The van der Waals surface area contributed by atoms with Crippen LogP contribution in [0.3, 0.4) is 0 Å². The van der Waals surface area contributed by atoms with Gasteiger partial charge in [-0.15, -0.1) is 12.4 Å². The second-order valence-electron chi connectivity index (χ2n) is 9.74. The normalized spacial score (nSPS) is 15.1. The Hall–Kier alpha value is -3.51. The summed E-state index contributed by atoms with van der Waals surface area (Å²) >= 11 is 0. The van der Waals surface area contributed by atoms with Crippen molar-refractivity contribution in [3.8, 4) is 11.5 Å². The van der Waals surface area contributed by atoms with Gasteiger partial charge in [0.15, 0.2) is 0 Å². The third-order valence-corrected chi connectivity index (χ3v) is 6.99. The van der Waals surface area contributed by atoms with Gasteiger partial charge in [0.2, 0.25) is 5.91 Å². The first-order chi connectivity index (χ1) is 18.0. The summed E-state index contributed by atoms with van der Waals surface area (Å²) in [6.45, 7) is 8.82. The largest absolute Gasteiger partial charge is 0.493 e. The Morgan fingerprint density at radius 1 is 0.947 bits per heavy atom. The summed E-state index contributed by atoms with van der Waals surface area (Å²) in [4.78, 5) is 20.0. The fourth-order valence-electron chi connectivity index (χ4n) is 5.23. The summed E-state index contributed by atoms with van der Waals surface area (Å²) in [5, 5.41) is 0. The summed E-state index contributed by atoms with van der Waals surface area (Å²) in [6, 6.07) is 22.3. The first kappa shape index (κ1) is 27.5. The highest BCUT2D eigenvalue weighted by atomic mass is 35.5. The smallest absolute Gasteiger partial charge is 0.227 e. The van der Waals surface area contributed by atoms with Gasteiger partial charge in [-0.2, -0.15) is 0 Å². The van der Waals surface area contributed by atoms with Crippen LogP contribution in [0.15, 0.2) is 66.7 Å². The fourth-order valence-corrected chi connectivity index (χ4v) is 5.23. The molecule has 0 saturated carbocycles. The third-order valence-electron chi connectivity index (χ3n) is 6.99. The van der Waals surface area contributed by atoms with Crippen LogP contribution in [0, 0.1) is 13.8 Å². The average molecular weight is 534 g/mol.